The van der Waals surface area contributed by atoms with Gasteiger partial charge in [-0.1, -0.05) is 13.3 Å². The van der Waals surface area contributed by atoms with Crippen molar-refractivity contribution in [3.63, 3.8) is 0 Å². The van der Waals surface area contributed by atoms with Crippen molar-refractivity contribution in [3.8, 4) is 0 Å². The molecule has 3 nitrogen and oxygen atoms in total. The first kappa shape index (κ1) is 14.9. The van der Waals surface area contributed by atoms with Crippen LogP contribution < -0.4 is 5.32 Å². The molecule has 0 bridgehead atoms. The van der Waals surface area contributed by atoms with Gasteiger partial charge in [-0.15, -0.1) is 0 Å². The van der Waals surface area contributed by atoms with Crippen LogP contribution in [0.4, 0.5) is 0 Å². The van der Waals surface area contributed by atoms with Gasteiger partial charge in [-0.2, -0.15) is 0 Å². The molecule has 0 amide bonds. The molecule has 1 aliphatic carbocycles. The zero-order valence-electron chi connectivity index (χ0n) is 12.2. The Labute approximate surface area is 108 Å². The Bertz CT molecular complexity index is 192. The topological polar surface area (TPSA) is 18.5 Å². The minimum atomic E-state index is 0.759. The van der Waals surface area contributed by atoms with Crippen LogP contribution in [0.15, 0.2) is 0 Å². The third-order valence-electron chi connectivity index (χ3n) is 3.88. The lowest BCUT2D eigenvalue weighted by Gasteiger charge is -2.36. The largest absolute Gasteiger partial charge is 0.314 e. The molecular weight excluding hydrogens is 210 g/mol. The molecule has 1 saturated carbocycles. The molecule has 1 aliphatic rings. The Morgan fingerprint density at radius 2 is 1.88 bits per heavy atom. The van der Waals surface area contributed by atoms with E-state index in [4.69, 9.17) is 0 Å². The zero-order valence-corrected chi connectivity index (χ0v) is 12.2. The molecule has 1 rings (SSSR count). The summed E-state index contributed by atoms with van der Waals surface area (Å²) in [5, 5.41) is 3.61. The molecule has 2 atom stereocenters. The molecule has 2 unspecified atom stereocenters. The van der Waals surface area contributed by atoms with E-state index in [-0.39, 0.29) is 0 Å². The van der Waals surface area contributed by atoms with Gasteiger partial charge in [-0.05, 0) is 66.5 Å². The first-order valence-corrected chi connectivity index (χ1v) is 7.21. The van der Waals surface area contributed by atoms with E-state index in [1.165, 1.54) is 45.2 Å². The maximum absolute atomic E-state index is 3.61. The van der Waals surface area contributed by atoms with Crippen LogP contribution in [-0.2, 0) is 0 Å². The minimum Gasteiger partial charge on any atom is -0.314 e. The van der Waals surface area contributed by atoms with Gasteiger partial charge < -0.3 is 15.1 Å². The highest BCUT2D eigenvalue weighted by Crippen LogP contribution is 2.22. The molecule has 0 aliphatic heterocycles. The van der Waals surface area contributed by atoms with Gasteiger partial charge in [0.25, 0.3) is 0 Å². The monoisotopic (exact) mass is 241 g/mol. The number of nitrogens with one attached hydrogen (secondary N) is 1. The summed E-state index contributed by atoms with van der Waals surface area (Å²) < 4.78 is 0. The second-order valence-corrected chi connectivity index (χ2v) is 5.71. The molecule has 102 valence electrons. The summed E-state index contributed by atoms with van der Waals surface area (Å²) in [7, 11) is 6.61. The Kier molecular flexibility index (Phi) is 7.09. The van der Waals surface area contributed by atoms with Gasteiger partial charge in [-0.25, -0.2) is 0 Å². The maximum atomic E-state index is 3.61. The molecule has 0 aromatic carbocycles. The predicted octanol–water partition coefficient (Wildman–Crippen LogP) is 1.79. The molecular formula is C14H31N3. The van der Waals surface area contributed by atoms with Crippen molar-refractivity contribution in [2.45, 2.75) is 51.1 Å². The van der Waals surface area contributed by atoms with Crippen LogP contribution in [0, 0.1) is 0 Å². The molecule has 17 heavy (non-hydrogen) atoms. The summed E-state index contributed by atoms with van der Waals surface area (Å²) in [6.45, 7) is 5.77. The number of rotatable bonds is 7. The highest BCUT2D eigenvalue weighted by atomic mass is 15.1. The summed E-state index contributed by atoms with van der Waals surface area (Å²) in [6, 6.07) is 1.56. The Morgan fingerprint density at radius 1 is 1.12 bits per heavy atom. The van der Waals surface area contributed by atoms with Crippen molar-refractivity contribution in [3.05, 3.63) is 0 Å². The standard InChI is InChI=1S/C14H31N3/c1-5-15-13-8-6-9-14(12-13)17(4)11-7-10-16(2)3/h13-15H,5-12H2,1-4H3. The SMILES string of the molecule is CCNC1CCCC(N(C)CCCN(C)C)C1. The van der Waals surface area contributed by atoms with Crippen molar-refractivity contribution >= 4 is 0 Å². The van der Waals surface area contributed by atoms with Crippen molar-refractivity contribution < 1.29 is 0 Å². The molecule has 1 N–H and O–H groups in total. The molecule has 1 fully saturated rings. The van der Waals surface area contributed by atoms with Gasteiger partial charge in [0.15, 0.2) is 0 Å². The summed E-state index contributed by atoms with van der Waals surface area (Å²) in [4.78, 5) is 4.85. The highest BCUT2D eigenvalue weighted by molar-refractivity contribution is 4.82. The first-order chi connectivity index (χ1) is 8.13. The van der Waals surface area contributed by atoms with E-state index in [1.54, 1.807) is 0 Å². The fourth-order valence-electron chi connectivity index (χ4n) is 2.86. The normalized spacial score (nSPS) is 25.8. The zero-order chi connectivity index (χ0) is 12.7. The lowest BCUT2D eigenvalue weighted by molar-refractivity contribution is 0.164. The first-order valence-electron chi connectivity index (χ1n) is 7.21. The van der Waals surface area contributed by atoms with E-state index in [1.807, 2.05) is 0 Å². The van der Waals surface area contributed by atoms with Gasteiger partial charge in [0.2, 0.25) is 0 Å². The fraction of sp³-hybridized carbons (Fsp3) is 1.00. The van der Waals surface area contributed by atoms with Crippen LogP contribution in [0.25, 0.3) is 0 Å². The van der Waals surface area contributed by atoms with Crippen LogP contribution in [-0.4, -0.2) is 62.7 Å². The third-order valence-corrected chi connectivity index (χ3v) is 3.88. The van der Waals surface area contributed by atoms with E-state index >= 15 is 0 Å². The van der Waals surface area contributed by atoms with Crippen LogP contribution in [0.3, 0.4) is 0 Å². The quantitative estimate of drug-likeness (QED) is 0.733. The lowest BCUT2D eigenvalue weighted by Crippen LogP contribution is -2.43. The molecule has 0 spiro atoms. The van der Waals surface area contributed by atoms with Crippen molar-refractivity contribution in [1.29, 1.82) is 0 Å². The second-order valence-electron chi connectivity index (χ2n) is 5.71. The van der Waals surface area contributed by atoms with E-state index in [0.29, 0.717) is 0 Å². The Morgan fingerprint density at radius 3 is 2.53 bits per heavy atom. The summed E-state index contributed by atoms with van der Waals surface area (Å²) in [6.07, 6.45) is 6.77. The van der Waals surface area contributed by atoms with E-state index in [2.05, 4.69) is 43.2 Å². The van der Waals surface area contributed by atoms with Gasteiger partial charge in [-0.3, -0.25) is 0 Å². The van der Waals surface area contributed by atoms with Crippen molar-refractivity contribution in [2.75, 3.05) is 40.8 Å². The molecule has 0 aromatic rings. The van der Waals surface area contributed by atoms with Crippen LogP contribution in [0.2, 0.25) is 0 Å². The van der Waals surface area contributed by atoms with Crippen LogP contribution in [0.5, 0.6) is 0 Å². The summed E-state index contributed by atoms with van der Waals surface area (Å²) in [5.41, 5.74) is 0. The summed E-state index contributed by atoms with van der Waals surface area (Å²) >= 11 is 0. The Balaban J connectivity index is 2.23. The van der Waals surface area contributed by atoms with Gasteiger partial charge >= 0.3 is 0 Å². The van der Waals surface area contributed by atoms with Crippen molar-refractivity contribution in [1.82, 2.24) is 15.1 Å². The van der Waals surface area contributed by atoms with Crippen LogP contribution in [0.1, 0.15) is 39.0 Å². The van der Waals surface area contributed by atoms with Crippen LogP contribution >= 0.6 is 0 Å². The van der Waals surface area contributed by atoms with E-state index < -0.39 is 0 Å². The number of hydrogen-bond acceptors (Lipinski definition) is 3. The smallest absolute Gasteiger partial charge is 0.0107 e. The Hall–Kier alpha value is -0.120. The third kappa shape index (κ3) is 5.84. The maximum Gasteiger partial charge on any atom is 0.0107 e. The average Bonchev–Trinajstić information content (AvgIpc) is 2.29. The number of hydrogen-bond donors (Lipinski definition) is 1. The molecule has 3 heteroatoms. The second kappa shape index (κ2) is 8.06. The van der Waals surface area contributed by atoms with Gasteiger partial charge in [0.05, 0.1) is 0 Å². The minimum absolute atomic E-state index is 0.759. The summed E-state index contributed by atoms with van der Waals surface area (Å²) in [5.74, 6) is 0. The predicted molar refractivity (Wildman–Crippen MR) is 75.5 cm³/mol. The van der Waals surface area contributed by atoms with Gasteiger partial charge in [0.1, 0.15) is 0 Å². The lowest BCUT2D eigenvalue weighted by atomic mass is 9.90. The van der Waals surface area contributed by atoms with E-state index in [0.717, 1.165) is 18.6 Å². The number of nitrogens with zero attached hydrogens (tertiary/aromatic N) is 2. The molecule has 0 aromatic heterocycles. The fourth-order valence-corrected chi connectivity index (χ4v) is 2.86. The molecule has 0 saturated heterocycles. The molecule has 0 radical (unpaired) electrons. The van der Waals surface area contributed by atoms with Gasteiger partial charge in [0, 0.05) is 12.1 Å². The van der Waals surface area contributed by atoms with E-state index in [9.17, 15) is 0 Å². The highest BCUT2D eigenvalue weighted by Gasteiger charge is 2.23. The van der Waals surface area contributed by atoms with Crippen molar-refractivity contribution in [2.24, 2.45) is 0 Å². The molecule has 0 heterocycles. The average molecular weight is 241 g/mol.